The second-order valence-electron chi connectivity index (χ2n) is 7.00. The first-order chi connectivity index (χ1) is 11.2. The van der Waals surface area contributed by atoms with Gasteiger partial charge in [-0.1, -0.05) is 51.8 Å². The van der Waals surface area contributed by atoms with Gasteiger partial charge in [-0.3, -0.25) is 9.59 Å². The van der Waals surface area contributed by atoms with E-state index in [0.717, 1.165) is 11.4 Å². The Morgan fingerprint density at radius 3 is 2.58 bits per heavy atom. The number of carbonyl (C=O) groups excluding carboxylic acids is 2. The molecule has 0 spiro atoms. The molecule has 2 amide bonds. The average Bonchev–Trinajstić information content (AvgIpc) is 2.78. The van der Waals surface area contributed by atoms with Gasteiger partial charge in [-0.2, -0.15) is 10.1 Å². The molecule has 0 bridgehead atoms. The monoisotopic (exact) mass is 352 g/mol. The number of nitrogens with zero attached hydrogens (tertiary/aromatic N) is 2. The Labute approximate surface area is 146 Å². The summed E-state index contributed by atoms with van der Waals surface area (Å²) >= 11 is 6.08. The van der Waals surface area contributed by atoms with E-state index in [4.69, 9.17) is 11.6 Å². The van der Waals surface area contributed by atoms with Crippen LogP contribution in [0.15, 0.2) is 23.3 Å². The number of halogens is 2. The summed E-state index contributed by atoms with van der Waals surface area (Å²) in [5.74, 6) is -1.86. The minimum atomic E-state index is -0.721. The van der Waals surface area contributed by atoms with Crippen LogP contribution in [0.1, 0.15) is 46.1 Å². The lowest BCUT2D eigenvalue weighted by Crippen LogP contribution is -2.40. The molecule has 1 aliphatic rings. The molecule has 1 atom stereocenters. The van der Waals surface area contributed by atoms with Gasteiger partial charge < -0.3 is 0 Å². The van der Waals surface area contributed by atoms with Crippen LogP contribution >= 0.6 is 11.6 Å². The zero-order valence-electron chi connectivity index (χ0n) is 14.4. The van der Waals surface area contributed by atoms with Gasteiger partial charge in [-0.25, -0.2) is 4.39 Å². The number of hydrogen-bond donors (Lipinski definition) is 0. The molecule has 0 saturated heterocycles. The number of amides is 2. The van der Waals surface area contributed by atoms with Crippen molar-refractivity contribution in [3.05, 3.63) is 34.6 Å². The van der Waals surface area contributed by atoms with Crippen molar-refractivity contribution in [3.63, 3.8) is 0 Å². The number of imide groups is 1. The Balaban J connectivity index is 2.34. The average molecular weight is 353 g/mol. The van der Waals surface area contributed by atoms with Crippen LogP contribution in [0.25, 0.3) is 0 Å². The lowest BCUT2D eigenvalue weighted by atomic mass is 9.91. The van der Waals surface area contributed by atoms with Crippen LogP contribution < -0.4 is 0 Å². The summed E-state index contributed by atoms with van der Waals surface area (Å²) in [6.45, 7) is 7.17. The van der Waals surface area contributed by atoms with Gasteiger partial charge in [0.15, 0.2) is 0 Å². The van der Waals surface area contributed by atoms with Gasteiger partial charge >= 0.3 is 0 Å². The van der Waals surface area contributed by atoms with Crippen LogP contribution in [0.3, 0.4) is 0 Å². The molecule has 6 heteroatoms. The minimum Gasteiger partial charge on any atom is -0.272 e. The summed E-state index contributed by atoms with van der Waals surface area (Å²) < 4.78 is 14.1. The number of rotatable bonds is 4. The molecule has 0 N–H and O–H groups in total. The quantitative estimate of drug-likeness (QED) is 0.815. The van der Waals surface area contributed by atoms with E-state index in [2.05, 4.69) is 5.10 Å². The van der Waals surface area contributed by atoms with Gasteiger partial charge in [-0.05, 0) is 25.0 Å². The highest BCUT2D eigenvalue weighted by molar-refractivity contribution is 6.31. The van der Waals surface area contributed by atoms with Crippen LogP contribution in [0.4, 0.5) is 4.39 Å². The maximum atomic E-state index is 14.1. The Kier molecular flexibility index (Phi) is 5.43. The largest absolute Gasteiger partial charge is 0.272 e. The van der Waals surface area contributed by atoms with E-state index in [-0.39, 0.29) is 22.9 Å². The number of benzene rings is 1. The molecule has 0 fully saturated rings. The second-order valence-corrected chi connectivity index (χ2v) is 7.41. The molecule has 24 heavy (non-hydrogen) atoms. The number of hydrazone groups is 1. The van der Waals surface area contributed by atoms with Crippen LogP contribution in [-0.4, -0.2) is 22.5 Å². The summed E-state index contributed by atoms with van der Waals surface area (Å²) in [6, 6.07) is 4.43. The number of carbonyl (C=O) groups is 2. The normalized spacial score (nSPS) is 18.1. The van der Waals surface area contributed by atoms with Crippen molar-refractivity contribution in [2.24, 2.45) is 16.4 Å². The van der Waals surface area contributed by atoms with Gasteiger partial charge in [0.25, 0.3) is 11.8 Å². The SMILES string of the molecule is CCCC1=NN(C(=O)C(C)(C)C)C(=O)[C@@H]1Cc1c(F)cccc1Cl. The first kappa shape index (κ1) is 18.6. The van der Waals surface area contributed by atoms with E-state index in [1.165, 1.54) is 12.1 Å². The van der Waals surface area contributed by atoms with Crippen molar-refractivity contribution >= 4 is 29.1 Å². The van der Waals surface area contributed by atoms with Crippen molar-refractivity contribution in [3.8, 4) is 0 Å². The van der Waals surface area contributed by atoms with Crippen LogP contribution in [0.5, 0.6) is 0 Å². The van der Waals surface area contributed by atoms with E-state index in [1.807, 2.05) is 6.92 Å². The summed E-state index contributed by atoms with van der Waals surface area (Å²) in [6.07, 6.45) is 1.47. The zero-order valence-corrected chi connectivity index (χ0v) is 15.2. The standard InChI is InChI=1S/C18H22ClFN2O2/c1-5-7-15-12(10-11-13(19)8-6-9-14(11)20)16(23)22(21-15)17(24)18(2,3)4/h6,8-9,12H,5,7,10H2,1-4H3/t12-/m1/s1. The fourth-order valence-electron chi connectivity index (χ4n) is 2.62. The molecule has 1 aromatic carbocycles. The van der Waals surface area contributed by atoms with Gasteiger partial charge in [-0.15, -0.1) is 0 Å². The third-order valence-electron chi connectivity index (χ3n) is 3.95. The Morgan fingerprint density at radius 1 is 1.38 bits per heavy atom. The molecule has 0 saturated carbocycles. The van der Waals surface area contributed by atoms with Crippen LogP contribution in [0.2, 0.25) is 5.02 Å². The highest BCUT2D eigenvalue weighted by Gasteiger charge is 2.42. The van der Waals surface area contributed by atoms with E-state index < -0.39 is 23.1 Å². The first-order valence-corrected chi connectivity index (χ1v) is 8.43. The topological polar surface area (TPSA) is 49.7 Å². The fourth-order valence-corrected chi connectivity index (χ4v) is 2.86. The van der Waals surface area contributed by atoms with Crippen molar-refractivity contribution in [2.45, 2.75) is 47.0 Å². The molecule has 1 aliphatic heterocycles. The van der Waals surface area contributed by atoms with Crippen molar-refractivity contribution in [2.75, 3.05) is 0 Å². The molecule has 0 aliphatic carbocycles. The predicted molar refractivity (Wildman–Crippen MR) is 92.3 cm³/mol. The van der Waals surface area contributed by atoms with Gasteiger partial charge in [0, 0.05) is 16.0 Å². The third kappa shape index (κ3) is 3.66. The van der Waals surface area contributed by atoms with E-state index >= 15 is 0 Å². The lowest BCUT2D eigenvalue weighted by molar-refractivity contribution is -0.150. The molecule has 1 heterocycles. The maximum Gasteiger partial charge on any atom is 0.259 e. The maximum absolute atomic E-state index is 14.1. The Morgan fingerprint density at radius 2 is 2.04 bits per heavy atom. The summed E-state index contributed by atoms with van der Waals surface area (Å²) in [5.41, 5.74) is 0.173. The van der Waals surface area contributed by atoms with Crippen molar-refractivity contribution in [1.29, 1.82) is 0 Å². The third-order valence-corrected chi connectivity index (χ3v) is 4.30. The molecule has 4 nitrogen and oxygen atoms in total. The van der Waals surface area contributed by atoms with Gasteiger partial charge in [0.2, 0.25) is 0 Å². The van der Waals surface area contributed by atoms with Crippen LogP contribution in [-0.2, 0) is 16.0 Å². The predicted octanol–water partition coefficient (Wildman–Crippen LogP) is 4.21. The van der Waals surface area contributed by atoms with E-state index in [9.17, 15) is 14.0 Å². The highest BCUT2D eigenvalue weighted by atomic mass is 35.5. The van der Waals surface area contributed by atoms with Crippen molar-refractivity contribution < 1.29 is 14.0 Å². The molecule has 0 aromatic heterocycles. The molecular weight excluding hydrogens is 331 g/mol. The molecule has 2 rings (SSSR count). The Hall–Kier alpha value is -1.75. The van der Waals surface area contributed by atoms with E-state index in [1.54, 1.807) is 26.8 Å². The molecule has 1 aromatic rings. The summed E-state index contributed by atoms with van der Waals surface area (Å²) in [4.78, 5) is 25.2. The first-order valence-electron chi connectivity index (χ1n) is 8.05. The van der Waals surface area contributed by atoms with Crippen molar-refractivity contribution in [1.82, 2.24) is 5.01 Å². The summed E-state index contributed by atoms with van der Waals surface area (Å²) in [7, 11) is 0. The summed E-state index contributed by atoms with van der Waals surface area (Å²) in [5, 5.41) is 5.47. The molecular formula is C18H22ClFN2O2. The number of hydrogen-bond acceptors (Lipinski definition) is 3. The highest BCUT2D eigenvalue weighted by Crippen LogP contribution is 2.30. The van der Waals surface area contributed by atoms with Gasteiger partial charge in [0.1, 0.15) is 5.82 Å². The molecule has 0 radical (unpaired) electrons. The second kappa shape index (κ2) is 7.01. The molecule has 130 valence electrons. The fraction of sp³-hybridized carbons (Fsp3) is 0.500. The van der Waals surface area contributed by atoms with Crippen LogP contribution in [0, 0.1) is 17.2 Å². The minimum absolute atomic E-state index is 0.108. The van der Waals surface area contributed by atoms with E-state index in [0.29, 0.717) is 12.1 Å². The lowest BCUT2D eigenvalue weighted by Gasteiger charge is -2.22. The zero-order chi connectivity index (χ0) is 18.1. The molecule has 0 unspecified atom stereocenters. The van der Waals surface area contributed by atoms with Gasteiger partial charge in [0.05, 0.1) is 11.6 Å². The smallest absolute Gasteiger partial charge is 0.259 e. The Bertz CT molecular complexity index is 674.